The van der Waals surface area contributed by atoms with Gasteiger partial charge in [0.2, 0.25) is 0 Å². The number of hydrogen-bond donors (Lipinski definition) is 1. The van der Waals surface area contributed by atoms with Crippen LogP contribution in [0.2, 0.25) is 0 Å². The average Bonchev–Trinajstić information content (AvgIpc) is 2.76. The molecule has 0 heterocycles. The van der Waals surface area contributed by atoms with Crippen molar-refractivity contribution in [2.45, 2.75) is 72.0 Å². The van der Waals surface area contributed by atoms with Gasteiger partial charge in [-0.05, 0) is 68.5 Å². The van der Waals surface area contributed by atoms with Gasteiger partial charge in [-0.15, -0.1) is 0 Å². The summed E-state index contributed by atoms with van der Waals surface area (Å²) >= 11 is 0. The first-order chi connectivity index (χ1) is 16.4. The zero-order valence-corrected chi connectivity index (χ0v) is 22.0. The number of benzene rings is 2. The molecule has 0 aliphatic heterocycles. The summed E-state index contributed by atoms with van der Waals surface area (Å²) < 4.78 is 22.1. The second kappa shape index (κ2) is 12.5. The molecular formula is C28H39NO6. The lowest BCUT2D eigenvalue weighted by Crippen LogP contribution is -2.34. The first-order valence-electron chi connectivity index (χ1n) is 12.0. The van der Waals surface area contributed by atoms with E-state index in [4.69, 9.17) is 18.9 Å². The Labute approximate surface area is 209 Å². The zero-order chi connectivity index (χ0) is 26.1. The van der Waals surface area contributed by atoms with Crippen molar-refractivity contribution >= 4 is 12.1 Å². The molecule has 1 amide bonds. The lowest BCUT2D eigenvalue weighted by Gasteiger charge is -2.21. The van der Waals surface area contributed by atoms with E-state index in [-0.39, 0.29) is 12.0 Å². The van der Waals surface area contributed by atoms with Crippen LogP contribution in [0.1, 0.15) is 59.6 Å². The van der Waals surface area contributed by atoms with Gasteiger partial charge in [0.05, 0.1) is 13.2 Å². The third-order valence-electron chi connectivity index (χ3n) is 4.93. The van der Waals surface area contributed by atoms with E-state index in [1.54, 1.807) is 6.92 Å². The minimum Gasteiger partial charge on any atom is -0.492 e. The van der Waals surface area contributed by atoms with Crippen molar-refractivity contribution in [2.24, 2.45) is 0 Å². The van der Waals surface area contributed by atoms with Crippen molar-refractivity contribution < 1.29 is 28.5 Å². The number of rotatable bonds is 10. The highest BCUT2D eigenvalue weighted by molar-refractivity contribution is 5.75. The minimum atomic E-state index is -0.764. The molecule has 2 rings (SSSR count). The molecule has 0 fully saturated rings. The normalized spacial score (nSPS) is 12.4. The number of alkyl carbamates (subject to hydrolysis) is 1. The van der Waals surface area contributed by atoms with Gasteiger partial charge < -0.3 is 24.3 Å². The maximum Gasteiger partial charge on any atom is 0.407 e. The van der Waals surface area contributed by atoms with Crippen LogP contribution < -0.4 is 14.8 Å². The van der Waals surface area contributed by atoms with Gasteiger partial charge in [0.1, 0.15) is 23.7 Å². The topological polar surface area (TPSA) is 83.1 Å². The molecule has 0 bridgehead atoms. The predicted octanol–water partition coefficient (Wildman–Crippen LogP) is 5.44. The molecule has 0 aromatic heterocycles. The molecule has 0 unspecified atom stereocenters. The maximum atomic E-state index is 12.5. The molecule has 1 atom stereocenters. The van der Waals surface area contributed by atoms with Crippen molar-refractivity contribution in [2.75, 3.05) is 19.8 Å². The quantitative estimate of drug-likeness (QED) is 0.356. The van der Waals surface area contributed by atoms with Crippen LogP contribution in [0.4, 0.5) is 4.79 Å². The molecule has 0 aliphatic rings. The van der Waals surface area contributed by atoms with Gasteiger partial charge in [0.15, 0.2) is 6.10 Å². The highest BCUT2D eigenvalue weighted by Gasteiger charge is 2.23. The summed E-state index contributed by atoms with van der Waals surface area (Å²) in [6, 6.07) is 15.2. The van der Waals surface area contributed by atoms with Crippen molar-refractivity contribution in [3.8, 4) is 11.5 Å². The molecule has 2 aromatic carbocycles. The van der Waals surface area contributed by atoms with Gasteiger partial charge in [-0.1, -0.05) is 45.0 Å². The molecule has 35 heavy (non-hydrogen) atoms. The summed E-state index contributed by atoms with van der Waals surface area (Å²) in [5.74, 6) is 0.876. The van der Waals surface area contributed by atoms with Crippen LogP contribution in [-0.4, -0.2) is 43.5 Å². The van der Waals surface area contributed by atoms with Gasteiger partial charge in [-0.3, -0.25) is 0 Å². The van der Waals surface area contributed by atoms with Crippen LogP contribution in [0.25, 0.3) is 0 Å². The van der Waals surface area contributed by atoms with Gasteiger partial charge in [-0.2, -0.15) is 0 Å². The SMILES string of the molecule is CCOC(=O)[C@H](Cc1ccc(OCCNC(=O)OC(C)(C)C)cc1)Oc1ccc(C(C)(C)C)cc1. The molecule has 7 heteroatoms. The van der Waals surface area contributed by atoms with Crippen molar-refractivity contribution in [3.05, 3.63) is 59.7 Å². The smallest absolute Gasteiger partial charge is 0.407 e. The number of amides is 1. The fourth-order valence-electron chi connectivity index (χ4n) is 3.18. The van der Waals surface area contributed by atoms with E-state index in [9.17, 15) is 9.59 Å². The van der Waals surface area contributed by atoms with E-state index in [1.165, 1.54) is 5.56 Å². The fraction of sp³-hybridized carbons (Fsp3) is 0.500. The van der Waals surface area contributed by atoms with Gasteiger partial charge >= 0.3 is 12.1 Å². The van der Waals surface area contributed by atoms with Crippen LogP contribution in [0.3, 0.4) is 0 Å². The first-order valence-corrected chi connectivity index (χ1v) is 12.0. The monoisotopic (exact) mass is 485 g/mol. The number of esters is 1. The van der Waals surface area contributed by atoms with E-state index in [0.717, 1.165) is 5.56 Å². The van der Waals surface area contributed by atoms with Crippen LogP contribution in [-0.2, 0) is 26.1 Å². The van der Waals surface area contributed by atoms with Crippen LogP contribution >= 0.6 is 0 Å². The summed E-state index contributed by atoms with van der Waals surface area (Å²) in [4.78, 5) is 24.2. The van der Waals surface area contributed by atoms with E-state index in [2.05, 4.69) is 26.1 Å². The summed E-state index contributed by atoms with van der Waals surface area (Å²) in [5.41, 5.74) is 1.60. The van der Waals surface area contributed by atoms with E-state index < -0.39 is 23.8 Å². The Hall–Kier alpha value is -3.22. The second-order valence-electron chi connectivity index (χ2n) is 10.3. The lowest BCUT2D eigenvalue weighted by molar-refractivity contribution is -0.151. The number of ether oxygens (including phenoxy) is 4. The van der Waals surface area contributed by atoms with Gasteiger partial charge in [0.25, 0.3) is 0 Å². The number of carbonyl (C=O) groups is 2. The third-order valence-corrected chi connectivity index (χ3v) is 4.93. The molecule has 7 nitrogen and oxygen atoms in total. The van der Waals surface area contributed by atoms with Crippen molar-refractivity contribution in [3.63, 3.8) is 0 Å². The average molecular weight is 486 g/mol. The zero-order valence-electron chi connectivity index (χ0n) is 22.0. The third kappa shape index (κ3) is 10.3. The molecular weight excluding hydrogens is 446 g/mol. The Kier molecular flexibility index (Phi) is 9.99. The highest BCUT2D eigenvalue weighted by atomic mass is 16.6. The summed E-state index contributed by atoms with van der Waals surface area (Å²) in [6.07, 6.45) is -0.880. The molecule has 192 valence electrons. The Balaban J connectivity index is 1.93. The summed E-state index contributed by atoms with van der Waals surface area (Å²) in [5, 5.41) is 2.65. The van der Waals surface area contributed by atoms with E-state index in [1.807, 2.05) is 69.3 Å². The largest absolute Gasteiger partial charge is 0.492 e. The van der Waals surface area contributed by atoms with Crippen LogP contribution in [0.15, 0.2) is 48.5 Å². The van der Waals surface area contributed by atoms with E-state index >= 15 is 0 Å². The number of hydrogen-bond acceptors (Lipinski definition) is 6. The number of nitrogens with one attached hydrogen (secondary N) is 1. The van der Waals surface area contributed by atoms with Gasteiger partial charge in [-0.25, -0.2) is 9.59 Å². The fourth-order valence-corrected chi connectivity index (χ4v) is 3.18. The minimum absolute atomic E-state index is 0.0364. The Bertz CT molecular complexity index is 939. The molecule has 0 saturated heterocycles. The molecule has 0 aliphatic carbocycles. The van der Waals surface area contributed by atoms with Crippen LogP contribution in [0, 0.1) is 0 Å². The standard InChI is InChI=1S/C28H39NO6/c1-8-32-25(30)24(34-23-15-11-21(12-16-23)27(2,3)4)19-20-9-13-22(14-10-20)33-18-17-29-26(31)35-28(5,6)7/h9-16,24H,8,17-19H2,1-7H3,(H,29,31)/t24-/m0/s1. The van der Waals surface area contributed by atoms with E-state index in [0.29, 0.717) is 31.1 Å². The Morgan fingerprint density at radius 2 is 1.49 bits per heavy atom. The number of carbonyl (C=O) groups excluding carboxylic acids is 2. The highest BCUT2D eigenvalue weighted by Crippen LogP contribution is 2.25. The van der Waals surface area contributed by atoms with Crippen molar-refractivity contribution in [1.82, 2.24) is 5.32 Å². The molecule has 0 saturated carbocycles. The van der Waals surface area contributed by atoms with Gasteiger partial charge in [0, 0.05) is 6.42 Å². The summed E-state index contributed by atoms with van der Waals surface area (Å²) in [7, 11) is 0. The second-order valence-corrected chi connectivity index (χ2v) is 10.3. The maximum absolute atomic E-state index is 12.5. The van der Waals surface area contributed by atoms with Crippen LogP contribution in [0.5, 0.6) is 11.5 Å². The molecule has 0 radical (unpaired) electrons. The summed E-state index contributed by atoms with van der Waals surface area (Å²) in [6.45, 7) is 14.6. The predicted molar refractivity (Wildman–Crippen MR) is 136 cm³/mol. The Morgan fingerprint density at radius 1 is 0.886 bits per heavy atom. The lowest BCUT2D eigenvalue weighted by atomic mass is 9.87. The molecule has 2 aromatic rings. The molecule has 0 spiro atoms. The molecule has 1 N–H and O–H groups in total. The van der Waals surface area contributed by atoms with Crippen molar-refractivity contribution in [1.29, 1.82) is 0 Å². The first kappa shape index (κ1) is 28.0. The Morgan fingerprint density at radius 3 is 2.03 bits per heavy atom.